The minimum absolute atomic E-state index is 0. The number of aromatic nitrogens is 4. The third-order valence-corrected chi connectivity index (χ3v) is 3.18. The Morgan fingerprint density at radius 2 is 1.90 bits per heavy atom. The van der Waals surface area contributed by atoms with E-state index in [0.29, 0.717) is 5.78 Å². The first-order chi connectivity index (χ1) is 9.31. The molecule has 0 amide bonds. The average molecular weight is 355 g/mol. The summed E-state index contributed by atoms with van der Waals surface area (Å²) < 4.78 is 1.82. The van der Waals surface area contributed by atoms with Gasteiger partial charge in [0.05, 0.1) is 11.4 Å². The number of nitrogens with zero attached hydrogens (tertiary/aromatic N) is 4. The van der Waals surface area contributed by atoms with E-state index in [9.17, 15) is 0 Å². The van der Waals surface area contributed by atoms with Gasteiger partial charge in [0, 0.05) is 38.3 Å². The zero-order valence-electron chi connectivity index (χ0n) is 12.5. The van der Waals surface area contributed by atoms with Crippen LogP contribution in [0.3, 0.4) is 0 Å². The summed E-state index contributed by atoms with van der Waals surface area (Å²) in [6.07, 6.45) is 3.22. The summed E-state index contributed by atoms with van der Waals surface area (Å²) in [6, 6.07) is 10.3. The molecule has 3 rings (SSSR count). The smallest absolute Gasteiger partial charge is 0.252 e. The molecule has 1 aromatic carbocycles. The van der Waals surface area contributed by atoms with E-state index >= 15 is 0 Å². The number of aryl methyl sites for hydroxylation is 2. The largest absolute Gasteiger partial charge is 0.358 e. The van der Waals surface area contributed by atoms with Crippen LogP contribution < -0.4 is 0 Å². The molecule has 2 heterocycles. The Hall–Kier alpha value is -1.13. The fourth-order valence-corrected chi connectivity index (χ4v) is 2.40. The van der Waals surface area contributed by atoms with Gasteiger partial charge in [0.15, 0.2) is 0 Å². The van der Waals surface area contributed by atoms with Crippen molar-refractivity contribution in [2.45, 2.75) is 19.8 Å². The van der Waals surface area contributed by atoms with Crippen molar-refractivity contribution in [1.82, 2.24) is 19.6 Å². The molecule has 0 aliphatic carbocycles. The van der Waals surface area contributed by atoms with Crippen LogP contribution in [-0.2, 0) is 39.1 Å². The van der Waals surface area contributed by atoms with Crippen molar-refractivity contribution in [3.8, 4) is 11.1 Å². The second-order valence-electron chi connectivity index (χ2n) is 4.46. The molecule has 0 saturated heterocycles. The maximum absolute atomic E-state index is 4.52. The molecule has 0 bridgehead atoms. The van der Waals surface area contributed by atoms with Gasteiger partial charge in [-0.25, -0.2) is 9.50 Å². The van der Waals surface area contributed by atoms with Crippen molar-refractivity contribution in [1.29, 1.82) is 0 Å². The summed E-state index contributed by atoms with van der Waals surface area (Å²) in [6.45, 7) is 5.97. The van der Waals surface area contributed by atoms with E-state index in [0.717, 1.165) is 35.4 Å². The predicted molar refractivity (Wildman–Crippen MR) is 81.0 cm³/mol. The maximum Gasteiger partial charge on any atom is 0.252 e. The fourth-order valence-electron chi connectivity index (χ4n) is 2.40. The summed E-state index contributed by atoms with van der Waals surface area (Å²) in [4.78, 5) is 8.70. The van der Waals surface area contributed by atoms with Crippen molar-refractivity contribution in [2.75, 3.05) is 0 Å². The average Bonchev–Trinajstić information content (AvgIpc) is 2.88. The van der Waals surface area contributed by atoms with Gasteiger partial charge in [0.2, 0.25) is 0 Å². The van der Waals surface area contributed by atoms with E-state index in [1.54, 1.807) is 6.33 Å². The van der Waals surface area contributed by atoms with Gasteiger partial charge in [-0.05, 0) is 18.9 Å². The Bertz CT molecular complexity index is 707. The quantitative estimate of drug-likeness (QED) is 0.677. The summed E-state index contributed by atoms with van der Waals surface area (Å²) >= 11 is 0. The van der Waals surface area contributed by atoms with Crippen LogP contribution in [0.1, 0.15) is 17.8 Å². The van der Waals surface area contributed by atoms with Crippen molar-refractivity contribution in [3.05, 3.63) is 62.4 Å². The number of hydrogen-bond acceptors (Lipinski definition) is 3. The monoisotopic (exact) mass is 355 g/mol. The van der Waals surface area contributed by atoms with E-state index in [1.807, 2.05) is 29.6 Å². The molecule has 0 aliphatic rings. The number of rotatable bonds is 3. The number of hydrogen-bond donors (Lipinski definition) is 0. The van der Waals surface area contributed by atoms with Gasteiger partial charge in [-0.1, -0.05) is 30.3 Å². The molecular formula is C16H18N4Y-2. The van der Waals surface area contributed by atoms with Crippen LogP contribution in [0.4, 0.5) is 0 Å². The molecule has 0 N–H and O–H groups in total. The molecule has 0 fully saturated rings. The van der Waals surface area contributed by atoms with E-state index in [2.05, 4.69) is 34.1 Å². The third-order valence-electron chi connectivity index (χ3n) is 3.18. The summed E-state index contributed by atoms with van der Waals surface area (Å²) in [5.74, 6) is 0.653. The van der Waals surface area contributed by atoms with Crippen LogP contribution in [0, 0.1) is 21.3 Å². The summed E-state index contributed by atoms with van der Waals surface area (Å²) in [5, 5.41) is 4.28. The molecule has 1 radical (unpaired) electrons. The van der Waals surface area contributed by atoms with Crippen LogP contribution in [0.25, 0.3) is 16.9 Å². The van der Waals surface area contributed by atoms with Gasteiger partial charge in [-0.15, -0.1) is 0 Å². The molecule has 2 aromatic heterocycles. The molecule has 3 aromatic rings. The molecule has 0 saturated carbocycles. The Kier molecular flexibility index (Phi) is 6.62. The summed E-state index contributed by atoms with van der Waals surface area (Å²) in [5.41, 5.74) is 4.41. The van der Waals surface area contributed by atoms with E-state index in [1.165, 1.54) is 0 Å². The van der Waals surface area contributed by atoms with E-state index < -0.39 is 0 Å². The first kappa shape index (κ1) is 17.9. The first-order valence-corrected chi connectivity index (χ1v) is 6.35. The van der Waals surface area contributed by atoms with Crippen LogP contribution in [-0.4, -0.2) is 19.6 Å². The fraction of sp³-hybridized carbons (Fsp3) is 0.188. The first-order valence-electron chi connectivity index (χ1n) is 6.35. The molecule has 0 unspecified atom stereocenters. The van der Waals surface area contributed by atoms with Gasteiger partial charge in [-0.3, -0.25) is 0 Å². The topological polar surface area (TPSA) is 43.1 Å². The second-order valence-corrected chi connectivity index (χ2v) is 4.46. The van der Waals surface area contributed by atoms with E-state index in [4.69, 9.17) is 0 Å². The molecule has 0 aliphatic heterocycles. The zero-order valence-corrected chi connectivity index (χ0v) is 15.3. The van der Waals surface area contributed by atoms with Gasteiger partial charge in [0.25, 0.3) is 5.78 Å². The van der Waals surface area contributed by atoms with Crippen LogP contribution in [0.2, 0.25) is 0 Å². The zero-order chi connectivity index (χ0) is 13.2. The van der Waals surface area contributed by atoms with Crippen LogP contribution in [0.5, 0.6) is 0 Å². The van der Waals surface area contributed by atoms with Gasteiger partial charge in [-0.2, -0.15) is 16.5 Å². The van der Waals surface area contributed by atoms with Crippen molar-refractivity contribution < 1.29 is 32.7 Å². The minimum Gasteiger partial charge on any atom is -0.358 e. The van der Waals surface area contributed by atoms with Crippen molar-refractivity contribution in [2.24, 2.45) is 0 Å². The molecular weight excluding hydrogens is 337 g/mol. The minimum atomic E-state index is 0. The normalized spacial score (nSPS) is 10.0. The van der Waals surface area contributed by atoms with Crippen LogP contribution >= 0.6 is 0 Å². The molecule has 4 nitrogen and oxygen atoms in total. The molecule has 5 heteroatoms. The van der Waals surface area contributed by atoms with Crippen molar-refractivity contribution in [3.63, 3.8) is 0 Å². The Morgan fingerprint density at radius 3 is 2.57 bits per heavy atom. The molecule has 0 atom stereocenters. The molecule has 107 valence electrons. The van der Waals surface area contributed by atoms with Gasteiger partial charge < -0.3 is 14.4 Å². The Labute approximate surface area is 150 Å². The third kappa shape index (κ3) is 3.38. The number of benzene rings is 1. The number of fused-ring (bicyclic) bond motifs is 1. The Balaban J connectivity index is 0.00000110. The van der Waals surface area contributed by atoms with Gasteiger partial charge in [0.1, 0.15) is 6.33 Å². The predicted octanol–water partition coefficient (Wildman–Crippen LogP) is 3.31. The Morgan fingerprint density at radius 1 is 1.19 bits per heavy atom. The molecule has 21 heavy (non-hydrogen) atoms. The SMILES string of the molecule is [CH2-]CCc1c(-c2ccccc2)c(C)nc2ncnn12.[CH3-].[Y]. The standard InChI is InChI=1S/C15H15N4.CH3.Y/c1-3-7-13-14(12-8-5-4-6-9-12)11(2)18-15-16-10-17-19(13)15;;/h4-6,8-10H,1,3,7H2,2H3;1H3;/q2*-1;. The maximum atomic E-state index is 4.52. The second kappa shape index (κ2) is 7.76. The van der Waals surface area contributed by atoms with Gasteiger partial charge >= 0.3 is 0 Å². The summed E-state index contributed by atoms with van der Waals surface area (Å²) in [7, 11) is 0. The van der Waals surface area contributed by atoms with Crippen LogP contribution in [0.15, 0.2) is 36.7 Å². The van der Waals surface area contributed by atoms with E-state index in [-0.39, 0.29) is 40.1 Å². The van der Waals surface area contributed by atoms with Crippen molar-refractivity contribution >= 4 is 5.78 Å². The molecule has 0 spiro atoms.